The predicted octanol–water partition coefficient (Wildman–Crippen LogP) is 3.16. The Hall–Kier alpha value is -1.65. The molecule has 2 aromatic rings. The Morgan fingerprint density at radius 2 is 2.16 bits per heavy atom. The van der Waals surface area contributed by atoms with Crippen LogP contribution in [-0.2, 0) is 6.42 Å². The Labute approximate surface area is 115 Å². The van der Waals surface area contributed by atoms with Gasteiger partial charge in [-0.2, -0.15) is 0 Å². The molecule has 0 spiro atoms. The Morgan fingerprint density at radius 1 is 1.37 bits per heavy atom. The minimum atomic E-state index is -0.823. The zero-order chi connectivity index (χ0) is 13.8. The van der Waals surface area contributed by atoms with E-state index in [-0.39, 0.29) is 11.4 Å². The van der Waals surface area contributed by atoms with Crippen LogP contribution >= 0.6 is 11.6 Å². The summed E-state index contributed by atoms with van der Waals surface area (Å²) in [7, 11) is 1.51. The quantitative estimate of drug-likeness (QED) is 0.936. The normalized spacial score (nSPS) is 12.2. The number of halogens is 2. The first-order chi connectivity index (χ1) is 9.10. The van der Waals surface area contributed by atoms with Gasteiger partial charge in [-0.05, 0) is 23.8 Å². The second-order valence-corrected chi connectivity index (χ2v) is 4.48. The van der Waals surface area contributed by atoms with Gasteiger partial charge in [0.2, 0.25) is 5.88 Å². The van der Waals surface area contributed by atoms with Gasteiger partial charge in [-0.25, -0.2) is 9.37 Å². The molecule has 0 fully saturated rings. The Morgan fingerprint density at radius 3 is 2.84 bits per heavy atom. The second-order valence-electron chi connectivity index (χ2n) is 4.07. The van der Waals surface area contributed by atoms with Gasteiger partial charge in [0, 0.05) is 12.5 Å². The zero-order valence-electron chi connectivity index (χ0n) is 10.3. The molecule has 1 heterocycles. The predicted molar refractivity (Wildman–Crippen MR) is 70.9 cm³/mol. The van der Waals surface area contributed by atoms with Crippen molar-refractivity contribution >= 4 is 11.6 Å². The molecule has 0 radical (unpaired) electrons. The summed E-state index contributed by atoms with van der Waals surface area (Å²) in [6, 6.07) is 9.59. The lowest BCUT2D eigenvalue weighted by Crippen LogP contribution is -2.05. The van der Waals surface area contributed by atoms with Crippen molar-refractivity contribution in [3.63, 3.8) is 0 Å². The summed E-state index contributed by atoms with van der Waals surface area (Å²) >= 11 is 5.61. The Kier molecular flexibility index (Phi) is 4.35. The van der Waals surface area contributed by atoms with Crippen molar-refractivity contribution in [3.8, 4) is 5.88 Å². The van der Waals surface area contributed by atoms with E-state index in [4.69, 9.17) is 16.3 Å². The molecular formula is C14H13ClFNO2. The second kappa shape index (κ2) is 5.99. The van der Waals surface area contributed by atoms with E-state index in [0.717, 1.165) is 0 Å². The topological polar surface area (TPSA) is 42.4 Å². The molecule has 0 bridgehead atoms. The maximum Gasteiger partial charge on any atom is 0.213 e. The minimum Gasteiger partial charge on any atom is -0.481 e. The van der Waals surface area contributed by atoms with Gasteiger partial charge >= 0.3 is 0 Å². The van der Waals surface area contributed by atoms with Gasteiger partial charge in [0.25, 0.3) is 0 Å². The molecule has 1 aromatic heterocycles. The molecule has 0 aliphatic heterocycles. The van der Waals surface area contributed by atoms with Crippen molar-refractivity contribution in [1.82, 2.24) is 4.98 Å². The highest BCUT2D eigenvalue weighted by Gasteiger charge is 2.12. The molecule has 1 atom stereocenters. The van der Waals surface area contributed by atoms with E-state index < -0.39 is 11.9 Å². The maximum absolute atomic E-state index is 13.3. The van der Waals surface area contributed by atoms with Crippen molar-refractivity contribution in [1.29, 1.82) is 0 Å². The molecule has 0 aliphatic rings. The molecule has 2 rings (SSSR count). The highest BCUT2D eigenvalue weighted by atomic mass is 35.5. The van der Waals surface area contributed by atoms with Gasteiger partial charge in [0.05, 0.1) is 17.8 Å². The monoisotopic (exact) mass is 281 g/mol. The fraction of sp³-hybridized carbons (Fsp3) is 0.214. The summed E-state index contributed by atoms with van der Waals surface area (Å²) in [5.74, 6) is -0.0659. The number of rotatable bonds is 4. The molecule has 1 aromatic carbocycles. The molecular weight excluding hydrogens is 269 g/mol. The molecule has 0 amide bonds. The summed E-state index contributed by atoms with van der Waals surface area (Å²) in [5.41, 5.74) is 1.13. The molecule has 0 saturated carbocycles. The van der Waals surface area contributed by atoms with E-state index in [2.05, 4.69) is 4.98 Å². The van der Waals surface area contributed by atoms with E-state index in [0.29, 0.717) is 17.1 Å². The number of nitrogens with zero attached hydrogens (tertiary/aromatic N) is 1. The third-order valence-electron chi connectivity index (χ3n) is 2.71. The number of ether oxygens (including phenoxy) is 1. The van der Waals surface area contributed by atoms with Crippen LogP contribution in [0.2, 0.25) is 5.02 Å². The highest BCUT2D eigenvalue weighted by Crippen LogP contribution is 2.21. The smallest absolute Gasteiger partial charge is 0.213 e. The van der Waals surface area contributed by atoms with Gasteiger partial charge < -0.3 is 9.84 Å². The third kappa shape index (κ3) is 3.43. The van der Waals surface area contributed by atoms with Gasteiger partial charge in [-0.1, -0.05) is 23.7 Å². The van der Waals surface area contributed by atoms with Crippen LogP contribution in [0, 0.1) is 5.82 Å². The third-order valence-corrected chi connectivity index (χ3v) is 3.02. The molecule has 1 N–H and O–H groups in total. The van der Waals surface area contributed by atoms with Crippen LogP contribution in [0.15, 0.2) is 36.4 Å². The van der Waals surface area contributed by atoms with E-state index in [1.807, 2.05) is 0 Å². The van der Waals surface area contributed by atoms with Crippen molar-refractivity contribution in [2.24, 2.45) is 0 Å². The lowest BCUT2D eigenvalue weighted by atomic mass is 10.1. The summed E-state index contributed by atoms with van der Waals surface area (Å²) in [6.07, 6.45) is -0.565. The van der Waals surface area contributed by atoms with Gasteiger partial charge in [-0.15, -0.1) is 0 Å². The maximum atomic E-state index is 13.3. The fourth-order valence-corrected chi connectivity index (χ4v) is 1.84. The molecule has 100 valence electrons. The standard InChI is InChI=1S/C14H13ClFNO2/c1-19-14-4-2-3-12(17-14)13(18)8-9-5-6-10(15)11(16)7-9/h2-7,13,18H,8H2,1H3. The first-order valence-electron chi connectivity index (χ1n) is 5.73. The zero-order valence-corrected chi connectivity index (χ0v) is 11.1. The highest BCUT2D eigenvalue weighted by molar-refractivity contribution is 6.30. The van der Waals surface area contributed by atoms with Gasteiger partial charge in [0.15, 0.2) is 0 Å². The van der Waals surface area contributed by atoms with Crippen molar-refractivity contribution in [3.05, 3.63) is 58.5 Å². The number of benzene rings is 1. The summed E-state index contributed by atoms with van der Waals surface area (Å²) in [6.45, 7) is 0. The van der Waals surface area contributed by atoms with E-state index in [9.17, 15) is 9.50 Å². The number of hydrogen-bond donors (Lipinski definition) is 1. The SMILES string of the molecule is COc1cccc(C(O)Cc2ccc(Cl)c(F)c2)n1. The van der Waals surface area contributed by atoms with Crippen LogP contribution in [0.4, 0.5) is 4.39 Å². The average Bonchev–Trinajstić information content (AvgIpc) is 2.43. The molecule has 19 heavy (non-hydrogen) atoms. The number of aliphatic hydroxyl groups excluding tert-OH is 1. The summed E-state index contributed by atoms with van der Waals surface area (Å²) in [5, 5.41) is 10.1. The number of hydrogen-bond acceptors (Lipinski definition) is 3. The first-order valence-corrected chi connectivity index (χ1v) is 6.11. The van der Waals surface area contributed by atoms with E-state index in [1.165, 1.54) is 19.2 Å². The molecule has 1 unspecified atom stereocenters. The summed E-state index contributed by atoms with van der Waals surface area (Å²) in [4.78, 5) is 4.14. The molecule has 0 saturated heterocycles. The number of pyridine rings is 1. The van der Waals surface area contributed by atoms with Gasteiger partial charge in [-0.3, -0.25) is 0 Å². The minimum absolute atomic E-state index is 0.0674. The fourth-order valence-electron chi connectivity index (χ4n) is 1.72. The van der Waals surface area contributed by atoms with Crippen LogP contribution in [0.25, 0.3) is 0 Å². The Bertz CT molecular complexity index is 577. The lowest BCUT2D eigenvalue weighted by molar-refractivity contribution is 0.172. The van der Waals surface area contributed by atoms with Gasteiger partial charge in [0.1, 0.15) is 11.9 Å². The molecule has 3 nitrogen and oxygen atoms in total. The van der Waals surface area contributed by atoms with Crippen molar-refractivity contribution in [2.45, 2.75) is 12.5 Å². The number of methoxy groups -OCH3 is 1. The molecule has 5 heteroatoms. The summed E-state index contributed by atoms with van der Waals surface area (Å²) < 4.78 is 18.3. The van der Waals surface area contributed by atoms with E-state index >= 15 is 0 Å². The van der Waals surface area contributed by atoms with Crippen molar-refractivity contribution in [2.75, 3.05) is 7.11 Å². The number of aromatic nitrogens is 1. The van der Waals surface area contributed by atoms with Crippen LogP contribution < -0.4 is 4.74 Å². The van der Waals surface area contributed by atoms with Crippen molar-refractivity contribution < 1.29 is 14.2 Å². The van der Waals surface area contributed by atoms with Crippen LogP contribution in [-0.4, -0.2) is 17.2 Å². The van der Waals surface area contributed by atoms with Crippen LogP contribution in [0.5, 0.6) is 5.88 Å². The largest absolute Gasteiger partial charge is 0.481 e. The Balaban J connectivity index is 2.15. The van der Waals surface area contributed by atoms with Crippen LogP contribution in [0.3, 0.4) is 0 Å². The van der Waals surface area contributed by atoms with Crippen LogP contribution in [0.1, 0.15) is 17.4 Å². The molecule has 0 aliphatic carbocycles. The average molecular weight is 282 g/mol. The lowest BCUT2D eigenvalue weighted by Gasteiger charge is -2.11. The first kappa shape index (κ1) is 13.8. The number of aliphatic hydroxyl groups is 1. The van der Waals surface area contributed by atoms with E-state index in [1.54, 1.807) is 24.3 Å².